The van der Waals surface area contributed by atoms with E-state index < -0.39 is 0 Å². The Hall–Kier alpha value is -2.15. The molecule has 0 saturated heterocycles. The van der Waals surface area contributed by atoms with Crippen LogP contribution in [-0.4, -0.2) is 16.9 Å². The van der Waals surface area contributed by atoms with Crippen molar-refractivity contribution < 1.29 is 4.74 Å². The molecule has 0 saturated carbocycles. The largest absolute Gasteiger partial charge is 0.497 e. The van der Waals surface area contributed by atoms with E-state index in [0.717, 1.165) is 26.1 Å². The van der Waals surface area contributed by atoms with Crippen LogP contribution in [0.2, 0.25) is 0 Å². The first-order valence-electron chi connectivity index (χ1n) is 7.13. The second-order valence-electron chi connectivity index (χ2n) is 5.03. The fourth-order valence-electron chi connectivity index (χ4n) is 2.27. The molecule has 0 aliphatic carbocycles. The SMILES string of the molecule is COc1ccc(-c2ccc(=O)n(Cc3ccccc3I)n2)cc1. The summed E-state index contributed by atoms with van der Waals surface area (Å²) in [6.45, 7) is 0.460. The fraction of sp³-hybridized carbons (Fsp3) is 0.111. The maximum absolute atomic E-state index is 12.1. The van der Waals surface area contributed by atoms with E-state index in [2.05, 4.69) is 27.7 Å². The van der Waals surface area contributed by atoms with Gasteiger partial charge in [-0.25, -0.2) is 4.68 Å². The Morgan fingerprint density at radius 1 is 1.04 bits per heavy atom. The van der Waals surface area contributed by atoms with Gasteiger partial charge in [-0.3, -0.25) is 4.79 Å². The molecule has 1 heterocycles. The summed E-state index contributed by atoms with van der Waals surface area (Å²) in [6.07, 6.45) is 0. The molecule has 0 N–H and O–H groups in total. The van der Waals surface area contributed by atoms with Gasteiger partial charge >= 0.3 is 0 Å². The van der Waals surface area contributed by atoms with Crippen LogP contribution in [0.15, 0.2) is 65.5 Å². The summed E-state index contributed by atoms with van der Waals surface area (Å²) in [5.41, 5.74) is 2.68. The number of benzene rings is 2. The van der Waals surface area contributed by atoms with E-state index in [9.17, 15) is 4.79 Å². The lowest BCUT2D eigenvalue weighted by atomic mass is 10.1. The van der Waals surface area contributed by atoms with Crippen LogP contribution in [0, 0.1) is 3.57 Å². The summed E-state index contributed by atoms with van der Waals surface area (Å²) >= 11 is 2.27. The Morgan fingerprint density at radius 2 is 1.78 bits per heavy atom. The molecule has 3 aromatic rings. The lowest BCUT2D eigenvalue weighted by Gasteiger charge is -2.09. The molecule has 0 aliphatic rings. The molecule has 0 amide bonds. The molecule has 0 spiro atoms. The number of methoxy groups -OCH3 is 1. The van der Waals surface area contributed by atoms with E-state index in [0.29, 0.717) is 6.54 Å². The molecular weight excluding hydrogens is 403 g/mol. The van der Waals surface area contributed by atoms with Gasteiger partial charge in [0.15, 0.2) is 0 Å². The highest BCUT2D eigenvalue weighted by molar-refractivity contribution is 14.1. The molecule has 0 unspecified atom stereocenters. The first-order chi connectivity index (χ1) is 11.2. The van der Waals surface area contributed by atoms with Crippen molar-refractivity contribution >= 4 is 22.6 Å². The van der Waals surface area contributed by atoms with Gasteiger partial charge in [-0.2, -0.15) is 5.10 Å². The van der Waals surface area contributed by atoms with E-state index in [1.807, 2.05) is 48.5 Å². The highest BCUT2D eigenvalue weighted by atomic mass is 127. The summed E-state index contributed by atoms with van der Waals surface area (Å²) in [6, 6.07) is 18.9. The minimum absolute atomic E-state index is 0.109. The third-order valence-corrected chi connectivity index (χ3v) is 4.58. The van der Waals surface area contributed by atoms with E-state index in [4.69, 9.17) is 4.74 Å². The van der Waals surface area contributed by atoms with Crippen LogP contribution in [0.25, 0.3) is 11.3 Å². The van der Waals surface area contributed by atoms with Crippen LogP contribution in [-0.2, 0) is 6.54 Å². The average molecular weight is 418 g/mol. The molecule has 116 valence electrons. The molecule has 5 heteroatoms. The second-order valence-corrected chi connectivity index (χ2v) is 6.20. The van der Waals surface area contributed by atoms with Crippen molar-refractivity contribution in [1.82, 2.24) is 9.78 Å². The lowest BCUT2D eigenvalue weighted by molar-refractivity contribution is 0.415. The molecular formula is C18H15IN2O2. The summed E-state index contributed by atoms with van der Waals surface area (Å²) in [5.74, 6) is 0.793. The maximum atomic E-state index is 12.1. The number of hydrogen-bond donors (Lipinski definition) is 0. The Bertz CT molecular complexity index is 873. The predicted octanol–water partition coefficient (Wildman–Crippen LogP) is 3.57. The second kappa shape index (κ2) is 6.95. The van der Waals surface area contributed by atoms with Gasteiger partial charge in [-0.1, -0.05) is 18.2 Å². The van der Waals surface area contributed by atoms with Gasteiger partial charge in [0, 0.05) is 15.2 Å². The molecule has 0 bridgehead atoms. The highest BCUT2D eigenvalue weighted by Crippen LogP contribution is 2.20. The van der Waals surface area contributed by atoms with Crippen molar-refractivity contribution in [3.05, 3.63) is 80.2 Å². The number of hydrogen-bond acceptors (Lipinski definition) is 3. The Balaban J connectivity index is 1.95. The smallest absolute Gasteiger partial charge is 0.267 e. The minimum atomic E-state index is -0.109. The zero-order chi connectivity index (χ0) is 16.2. The van der Waals surface area contributed by atoms with Crippen molar-refractivity contribution in [2.24, 2.45) is 0 Å². The van der Waals surface area contributed by atoms with Crippen LogP contribution in [0.4, 0.5) is 0 Å². The highest BCUT2D eigenvalue weighted by Gasteiger charge is 2.06. The summed E-state index contributed by atoms with van der Waals surface area (Å²) in [4.78, 5) is 12.1. The monoisotopic (exact) mass is 418 g/mol. The number of rotatable bonds is 4. The molecule has 4 nitrogen and oxygen atoms in total. The predicted molar refractivity (Wildman–Crippen MR) is 98.7 cm³/mol. The summed E-state index contributed by atoms with van der Waals surface area (Å²) in [7, 11) is 1.63. The first kappa shape index (κ1) is 15.7. The van der Waals surface area contributed by atoms with Gasteiger partial charge in [-0.05, 0) is 64.6 Å². The molecule has 1 aromatic heterocycles. The molecule has 0 aliphatic heterocycles. The van der Waals surface area contributed by atoms with Crippen LogP contribution in [0.3, 0.4) is 0 Å². The Morgan fingerprint density at radius 3 is 2.48 bits per heavy atom. The Kier molecular flexibility index (Phi) is 4.76. The lowest BCUT2D eigenvalue weighted by Crippen LogP contribution is -2.23. The molecule has 0 fully saturated rings. The summed E-state index contributed by atoms with van der Waals surface area (Å²) in [5, 5.41) is 4.49. The topological polar surface area (TPSA) is 44.1 Å². The normalized spacial score (nSPS) is 10.5. The molecule has 23 heavy (non-hydrogen) atoms. The van der Waals surface area contributed by atoms with Gasteiger partial charge in [0.05, 0.1) is 19.3 Å². The third-order valence-electron chi connectivity index (χ3n) is 3.53. The molecule has 0 atom stereocenters. The fourth-order valence-corrected chi connectivity index (χ4v) is 2.82. The van der Waals surface area contributed by atoms with Crippen molar-refractivity contribution in [2.75, 3.05) is 7.11 Å². The standard InChI is InChI=1S/C18H15IN2O2/c1-23-15-8-6-13(7-9-15)17-10-11-18(22)21(20-17)12-14-4-2-3-5-16(14)19/h2-11H,12H2,1H3. The number of halogens is 1. The zero-order valence-corrected chi connectivity index (χ0v) is 14.7. The number of nitrogens with zero attached hydrogens (tertiary/aromatic N) is 2. The third kappa shape index (κ3) is 3.61. The first-order valence-corrected chi connectivity index (χ1v) is 8.21. The van der Waals surface area contributed by atoms with Gasteiger partial charge < -0.3 is 4.74 Å². The van der Waals surface area contributed by atoms with Crippen molar-refractivity contribution in [3.63, 3.8) is 0 Å². The minimum Gasteiger partial charge on any atom is -0.497 e. The van der Waals surface area contributed by atoms with Crippen LogP contribution >= 0.6 is 22.6 Å². The molecule has 0 radical (unpaired) electrons. The van der Waals surface area contributed by atoms with Crippen LogP contribution < -0.4 is 10.3 Å². The molecule has 3 rings (SSSR count). The summed E-state index contributed by atoms with van der Waals surface area (Å²) < 4.78 is 7.78. The average Bonchev–Trinajstić information content (AvgIpc) is 2.59. The van der Waals surface area contributed by atoms with E-state index in [1.54, 1.807) is 19.2 Å². The van der Waals surface area contributed by atoms with Crippen LogP contribution in [0.1, 0.15) is 5.56 Å². The van der Waals surface area contributed by atoms with E-state index >= 15 is 0 Å². The zero-order valence-electron chi connectivity index (χ0n) is 12.6. The quantitative estimate of drug-likeness (QED) is 0.609. The van der Waals surface area contributed by atoms with Gasteiger partial charge in [-0.15, -0.1) is 0 Å². The molecule has 2 aromatic carbocycles. The van der Waals surface area contributed by atoms with Crippen molar-refractivity contribution in [1.29, 1.82) is 0 Å². The van der Waals surface area contributed by atoms with Crippen LogP contribution in [0.5, 0.6) is 5.75 Å². The van der Waals surface area contributed by atoms with E-state index in [-0.39, 0.29) is 5.56 Å². The van der Waals surface area contributed by atoms with Gasteiger partial charge in [0.1, 0.15) is 5.75 Å². The Labute approximate surface area is 147 Å². The van der Waals surface area contributed by atoms with E-state index in [1.165, 1.54) is 4.68 Å². The van der Waals surface area contributed by atoms with Crippen molar-refractivity contribution in [2.45, 2.75) is 6.54 Å². The van der Waals surface area contributed by atoms with Gasteiger partial charge in [0.2, 0.25) is 0 Å². The van der Waals surface area contributed by atoms with Gasteiger partial charge in [0.25, 0.3) is 5.56 Å². The number of ether oxygens (including phenoxy) is 1. The maximum Gasteiger partial charge on any atom is 0.267 e. The number of aromatic nitrogens is 2. The van der Waals surface area contributed by atoms with Crippen molar-refractivity contribution in [3.8, 4) is 17.0 Å².